The first-order valence-corrected chi connectivity index (χ1v) is 14.2. The molecule has 0 bridgehead atoms. The Morgan fingerprint density at radius 3 is 2.16 bits per heavy atom. The molecule has 224 valence electrons. The molecule has 5 rings (SSSR count). The summed E-state index contributed by atoms with van der Waals surface area (Å²) in [4.78, 5) is 57.3. The quantitative estimate of drug-likeness (QED) is 0.386. The van der Waals surface area contributed by atoms with Gasteiger partial charge < -0.3 is 24.7 Å². The van der Waals surface area contributed by atoms with E-state index in [0.29, 0.717) is 42.5 Å². The van der Waals surface area contributed by atoms with Crippen molar-refractivity contribution in [3.8, 4) is 22.8 Å². The van der Waals surface area contributed by atoms with Gasteiger partial charge in [-0.1, -0.05) is 12.2 Å². The monoisotopic (exact) mass is 585 g/mol. The van der Waals surface area contributed by atoms with Crippen LogP contribution >= 0.6 is 0 Å². The fourth-order valence-electron chi connectivity index (χ4n) is 5.07. The number of nitrogens with one attached hydrogen (secondary N) is 2. The first-order valence-electron chi connectivity index (χ1n) is 14.2. The Labute approximate surface area is 249 Å². The standard InChI is InChI=1S/C32H35N5O6/c1-20(38)36-17-5-7-25(36)28(39)34-23-13-9-21(10-14-23)27-19-33-30(42-27)22-11-15-24(16-12-22)35-29(40)26-8-6-18-37(26)31(41)43-32(2,3)4/h6,8-16,19,25-26H,5,7,17-18H2,1-4H3,(H,34,39)(H,35,40)/t25-,26-/m0/s1. The Kier molecular flexibility index (Phi) is 8.33. The molecule has 0 unspecified atom stereocenters. The molecule has 2 N–H and O–H groups in total. The lowest BCUT2D eigenvalue weighted by molar-refractivity contribution is -0.134. The Bertz CT molecular complexity index is 1540. The molecule has 0 spiro atoms. The van der Waals surface area contributed by atoms with Crippen molar-refractivity contribution in [2.24, 2.45) is 0 Å². The lowest BCUT2D eigenvalue weighted by Gasteiger charge is -2.28. The molecular formula is C32H35N5O6. The van der Waals surface area contributed by atoms with E-state index in [1.165, 1.54) is 11.8 Å². The third-order valence-electron chi connectivity index (χ3n) is 7.15. The highest BCUT2D eigenvalue weighted by atomic mass is 16.6. The minimum Gasteiger partial charge on any atom is -0.444 e. The molecule has 11 nitrogen and oxygen atoms in total. The SMILES string of the molecule is CC(=O)N1CCC[C@H]1C(=O)Nc1ccc(-c2cnc(-c3ccc(NC(=O)[C@@H]4C=CCN4C(=O)OC(C)(C)C)cc3)o2)cc1. The molecule has 3 heterocycles. The van der Waals surface area contributed by atoms with E-state index < -0.39 is 23.8 Å². The predicted molar refractivity (Wildman–Crippen MR) is 161 cm³/mol. The van der Waals surface area contributed by atoms with Crippen LogP contribution in [0.1, 0.15) is 40.5 Å². The second-order valence-electron chi connectivity index (χ2n) is 11.5. The van der Waals surface area contributed by atoms with Crippen molar-refractivity contribution in [3.63, 3.8) is 0 Å². The molecule has 2 aliphatic rings. The van der Waals surface area contributed by atoms with Crippen LogP contribution in [0, 0.1) is 0 Å². The molecule has 2 aliphatic heterocycles. The van der Waals surface area contributed by atoms with E-state index in [1.54, 1.807) is 80.4 Å². The number of amides is 4. The van der Waals surface area contributed by atoms with Gasteiger partial charge in [0, 0.05) is 42.5 Å². The van der Waals surface area contributed by atoms with Crippen LogP contribution in [-0.2, 0) is 19.1 Å². The summed E-state index contributed by atoms with van der Waals surface area (Å²) in [6.45, 7) is 7.73. The Hall–Kier alpha value is -4.93. The minimum atomic E-state index is -0.763. The molecule has 0 saturated carbocycles. The van der Waals surface area contributed by atoms with Crippen LogP contribution in [0.3, 0.4) is 0 Å². The largest absolute Gasteiger partial charge is 0.444 e. The fraction of sp³-hybridized carbons (Fsp3) is 0.344. The van der Waals surface area contributed by atoms with Crippen molar-refractivity contribution in [1.82, 2.24) is 14.8 Å². The molecule has 2 atom stereocenters. The Morgan fingerprint density at radius 2 is 1.53 bits per heavy atom. The highest BCUT2D eigenvalue weighted by molar-refractivity contribution is 5.99. The molecule has 4 amide bonds. The summed E-state index contributed by atoms with van der Waals surface area (Å²) in [5, 5.41) is 5.74. The lowest BCUT2D eigenvalue weighted by atomic mass is 10.1. The molecule has 0 aliphatic carbocycles. The van der Waals surface area contributed by atoms with E-state index >= 15 is 0 Å². The van der Waals surface area contributed by atoms with Gasteiger partial charge in [0.2, 0.25) is 17.7 Å². The third-order valence-corrected chi connectivity index (χ3v) is 7.15. The third kappa shape index (κ3) is 6.94. The average Bonchev–Trinajstić information content (AvgIpc) is 3.74. The van der Waals surface area contributed by atoms with Gasteiger partial charge in [-0.25, -0.2) is 9.78 Å². The van der Waals surface area contributed by atoms with Gasteiger partial charge in [-0.05, 0) is 82.1 Å². The lowest BCUT2D eigenvalue weighted by Crippen LogP contribution is -2.45. The van der Waals surface area contributed by atoms with Gasteiger partial charge in [0.1, 0.15) is 17.7 Å². The van der Waals surface area contributed by atoms with Crippen LogP contribution in [0.4, 0.5) is 16.2 Å². The number of carbonyl (C=O) groups is 4. The van der Waals surface area contributed by atoms with E-state index in [-0.39, 0.29) is 17.7 Å². The van der Waals surface area contributed by atoms with Crippen LogP contribution in [0.2, 0.25) is 0 Å². The van der Waals surface area contributed by atoms with Gasteiger partial charge >= 0.3 is 6.09 Å². The summed E-state index contributed by atoms with van der Waals surface area (Å²) >= 11 is 0. The van der Waals surface area contributed by atoms with Crippen LogP contribution in [0.25, 0.3) is 22.8 Å². The van der Waals surface area contributed by atoms with E-state index in [2.05, 4.69) is 15.6 Å². The number of benzene rings is 2. The molecule has 1 aromatic heterocycles. The maximum absolute atomic E-state index is 12.9. The van der Waals surface area contributed by atoms with Crippen LogP contribution in [0.15, 0.2) is 71.3 Å². The second kappa shape index (κ2) is 12.1. The van der Waals surface area contributed by atoms with E-state index in [4.69, 9.17) is 9.15 Å². The summed E-state index contributed by atoms with van der Waals surface area (Å²) < 4.78 is 11.4. The summed E-state index contributed by atoms with van der Waals surface area (Å²) in [6.07, 6.45) is 5.99. The van der Waals surface area contributed by atoms with Crippen LogP contribution in [-0.4, -0.2) is 69.4 Å². The second-order valence-corrected chi connectivity index (χ2v) is 11.5. The number of likely N-dealkylation sites (tertiary alicyclic amines) is 1. The first-order chi connectivity index (χ1) is 20.5. The van der Waals surface area contributed by atoms with E-state index in [1.807, 2.05) is 12.1 Å². The summed E-state index contributed by atoms with van der Waals surface area (Å²) in [5.41, 5.74) is 2.03. The zero-order chi connectivity index (χ0) is 30.7. The number of hydrogen-bond acceptors (Lipinski definition) is 7. The zero-order valence-electron chi connectivity index (χ0n) is 24.6. The molecule has 2 aromatic carbocycles. The maximum atomic E-state index is 12.9. The van der Waals surface area contributed by atoms with Crippen molar-refractivity contribution in [1.29, 1.82) is 0 Å². The normalized spacial score (nSPS) is 18.0. The van der Waals surface area contributed by atoms with Crippen molar-refractivity contribution >= 4 is 35.2 Å². The minimum absolute atomic E-state index is 0.0957. The van der Waals surface area contributed by atoms with Gasteiger partial charge in [0.05, 0.1) is 6.20 Å². The molecule has 3 aromatic rings. The number of aromatic nitrogens is 1. The van der Waals surface area contributed by atoms with E-state index in [9.17, 15) is 19.2 Å². The maximum Gasteiger partial charge on any atom is 0.411 e. The Balaban J connectivity index is 1.18. The van der Waals surface area contributed by atoms with Gasteiger partial charge in [-0.3, -0.25) is 19.3 Å². The Morgan fingerprint density at radius 1 is 0.907 bits per heavy atom. The van der Waals surface area contributed by atoms with E-state index in [0.717, 1.165) is 17.5 Å². The summed E-state index contributed by atoms with van der Waals surface area (Å²) in [5.74, 6) is 0.332. The number of nitrogens with zero attached hydrogens (tertiary/aromatic N) is 3. The molecule has 11 heteroatoms. The molecule has 1 saturated heterocycles. The average molecular weight is 586 g/mol. The molecule has 0 radical (unpaired) electrons. The number of ether oxygens (including phenoxy) is 1. The van der Waals surface area contributed by atoms with Crippen molar-refractivity contribution in [2.45, 2.75) is 58.2 Å². The fourth-order valence-corrected chi connectivity index (χ4v) is 5.07. The van der Waals surface area contributed by atoms with Crippen LogP contribution in [0.5, 0.6) is 0 Å². The highest BCUT2D eigenvalue weighted by Crippen LogP contribution is 2.28. The molecular weight excluding hydrogens is 550 g/mol. The molecule has 1 fully saturated rings. The number of hydrogen-bond donors (Lipinski definition) is 2. The smallest absolute Gasteiger partial charge is 0.411 e. The van der Waals surface area contributed by atoms with Crippen molar-refractivity contribution in [3.05, 3.63) is 66.9 Å². The number of anilines is 2. The zero-order valence-corrected chi connectivity index (χ0v) is 24.6. The topological polar surface area (TPSA) is 134 Å². The van der Waals surface area contributed by atoms with Crippen molar-refractivity contribution < 1.29 is 28.3 Å². The number of oxazole rings is 1. The highest BCUT2D eigenvalue weighted by Gasteiger charge is 2.34. The summed E-state index contributed by atoms with van der Waals surface area (Å²) in [6, 6.07) is 13.1. The number of rotatable bonds is 6. The first kappa shape index (κ1) is 29.6. The van der Waals surface area contributed by atoms with Gasteiger partial charge in [-0.2, -0.15) is 0 Å². The van der Waals surface area contributed by atoms with Crippen LogP contribution < -0.4 is 10.6 Å². The summed E-state index contributed by atoms with van der Waals surface area (Å²) in [7, 11) is 0. The molecule has 43 heavy (non-hydrogen) atoms. The predicted octanol–water partition coefficient (Wildman–Crippen LogP) is 5.07. The van der Waals surface area contributed by atoms with Gasteiger partial charge in [-0.15, -0.1) is 0 Å². The van der Waals surface area contributed by atoms with Gasteiger partial charge in [0.15, 0.2) is 5.76 Å². The van der Waals surface area contributed by atoms with Crippen molar-refractivity contribution in [2.75, 3.05) is 23.7 Å². The van der Waals surface area contributed by atoms with Gasteiger partial charge in [0.25, 0.3) is 5.91 Å². The number of carbonyl (C=O) groups excluding carboxylic acids is 4.